The lowest BCUT2D eigenvalue weighted by molar-refractivity contribution is -0.137. The Bertz CT molecular complexity index is 1200. The number of methoxy groups -OCH3 is 1. The zero-order valence-electron chi connectivity index (χ0n) is 20.1. The molecule has 1 aliphatic rings. The van der Waals surface area contributed by atoms with Crippen LogP contribution in [0.3, 0.4) is 0 Å². The van der Waals surface area contributed by atoms with Crippen LogP contribution in [0.4, 0.5) is 23.2 Å². The number of ether oxygens (including phenoxy) is 1. The van der Waals surface area contributed by atoms with Gasteiger partial charge in [0, 0.05) is 35.3 Å². The third-order valence-corrected chi connectivity index (χ3v) is 6.28. The summed E-state index contributed by atoms with van der Waals surface area (Å²) >= 11 is 0. The molecule has 0 heterocycles. The Morgan fingerprint density at radius 2 is 1.86 bits per heavy atom. The second-order valence-electron chi connectivity index (χ2n) is 8.70. The molecule has 0 saturated heterocycles. The highest BCUT2D eigenvalue weighted by atomic mass is 19.4. The van der Waals surface area contributed by atoms with Gasteiger partial charge in [-0.2, -0.15) is 13.2 Å². The number of alkyl halides is 3. The Balaban J connectivity index is 1.90. The minimum Gasteiger partial charge on any atom is -0.465 e. The van der Waals surface area contributed by atoms with E-state index < -0.39 is 34.8 Å². The molecular formula is C26H27F4N3O3. The van der Waals surface area contributed by atoms with E-state index in [0.717, 1.165) is 24.8 Å². The van der Waals surface area contributed by atoms with Crippen LogP contribution in [0.5, 0.6) is 0 Å². The molecule has 0 spiro atoms. The molecule has 2 aromatic rings. The van der Waals surface area contributed by atoms with Crippen LogP contribution in [-0.2, 0) is 21.1 Å². The van der Waals surface area contributed by atoms with Crippen LogP contribution in [0.15, 0.2) is 42.6 Å². The first-order valence-corrected chi connectivity index (χ1v) is 11.3. The minimum absolute atomic E-state index is 0.0987. The number of esters is 1. The van der Waals surface area contributed by atoms with Crippen molar-refractivity contribution < 1.29 is 31.9 Å². The number of rotatable bonds is 9. The number of hydrogen-bond acceptors (Lipinski definition) is 5. The summed E-state index contributed by atoms with van der Waals surface area (Å²) < 4.78 is 58.2. The summed E-state index contributed by atoms with van der Waals surface area (Å²) in [5.74, 6) is -2.38. The molecule has 3 rings (SSSR count). The smallest absolute Gasteiger partial charge is 0.416 e. The number of benzene rings is 2. The summed E-state index contributed by atoms with van der Waals surface area (Å²) in [6.45, 7) is 3.96. The number of nitrogens with one attached hydrogen (secondary N) is 3. The van der Waals surface area contributed by atoms with E-state index in [0.29, 0.717) is 17.2 Å². The number of allylic oxidation sites excluding steroid dienone is 1. The monoisotopic (exact) mass is 505 g/mol. The maximum Gasteiger partial charge on any atom is 0.416 e. The van der Waals surface area contributed by atoms with Gasteiger partial charge >= 0.3 is 12.1 Å². The molecule has 0 radical (unpaired) electrons. The third kappa shape index (κ3) is 5.58. The molecule has 1 fully saturated rings. The second-order valence-corrected chi connectivity index (χ2v) is 8.70. The zero-order valence-corrected chi connectivity index (χ0v) is 20.1. The Morgan fingerprint density at radius 3 is 2.39 bits per heavy atom. The predicted molar refractivity (Wildman–Crippen MR) is 128 cm³/mol. The standard InChI is InChI=1S/C26H27F4N3O3/c1-4-15(2)32-14-16(13-31)19-7-6-18(12-20(19)23(34)36-3)33-24(35)25(9-10-25)21-8-5-17(11-22(21)27)26(28,29)30/h5-8,11-15,31-32H,4,9-10H2,1-3H3,(H,33,35)/b16-14+,31-13?. The molecule has 1 unspecified atom stereocenters. The van der Waals surface area contributed by atoms with Gasteiger partial charge in [-0.3, -0.25) is 4.79 Å². The normalized spacial score (nSPS) is 15.6. The first-order chi connectivity index (χ1) is 17.0. The van der Waals surface area contributed by atoms with Crippen LogP contribution in [0.1, 0.15) is 60.2 Å². The van der Waals surface area contributed by atoms with Gasteiger partial charge < -0.3 is 20.8 Å². The zero-order chi connectivity index (χ0) is 26.7. The van der Waals surface area contributed by atoms with Crippen molar-refractivity contribution >= 4 is 29.4 Å². The maximum atomic E-state index is 14.6. The SMILES string of the molecule is CCC(C)N/C=C(\C=N)c1ccc(NC(=O)C2(c3ccc(C(F)(F)F)cc3F)CC2)cc1C(=O)OC. The third-order valence-electron chi connectivity index (χ3n) is 6.28. The Hall–Kier alpha value is -3.69. The Morgan fingerprint density at radius 1 is 1.17 bits per heavy atom. The summed E-state index contributed by atoms with van der Waals surface area (Å²) in [6, 6.07) is 6.76. The number of hydrogen-bond donors (Lipinski definition) is 3. The number of amides is 1. The fourth-order valence-corrected chi connectivity index (χ4v) is 3.77. The van der Waals surface area contributed by atoms with Gasteiger partial charge in [0.2, 0.25) is 5.91 Å². The van der Waals surface area contributed by atoms with Crippen LogP contribution >= 0.6 is 0 Å². The van der Waals surface area contributed by atoms with Crippen molar-refractivity contribution in [1.82, 2.24) is 5.32 Å². The predicted octanol–water partition coefficient (Wildman–Crippen LogP) is 5.68. The van der Waals surface area contributed by atoms with Gasteiger partial charge in [-0.1, -0.05) is 19.1 Å². The quantitative estimate of drug-likeness (QED) is 0.232. The fourth-order valence-electron chi connectivity index (χ4n) is 3.77. The molecule has 2 aromatic carbocycles. The van der Waals surface area contributed by atoms with E-state index >= 15 is 0 Å². The van der Waals surface area contributed by atoms with Crippen LogP contribution in [0.2, 0.25) is 0 Å². The van der Waals surface area contributed by atoms with Crippen molar-refractivity contribution in [1.29, 1.82) is 5.41 Å². The molecule has 0 aromatic heterocycles. The van der Waals surface area contributed by atoms with Gasteiger partial charge in [0.1, 0.15) is 5.82 Å². The molecule has 10 heteroatoms. The molecule has 0 bridgehead atoms. The van der Waals surface area contributed by atoms with Crippen molar-refractivity contribution in [3.8, 4) is 0 Å². The van der Waals surface area contributed by atoms with Gasteiger partial charge in [0.05, 0.1) is 23.7 Å². The van der Waals surface area contributed by atoms with E-state index in [1.807, 2.05) is 13.8 Å². The molecule has 1 amide bonds. The average molecular weight is 506 g/mol. The molecule has 192 valence electrons. The lowest BCUT2D eigenvalue weighted by Crippen LogP contribution is -2.29. The van der Waals surface area contributed by atoms with E-state index in [4.69, 9.17) is 10.1 Å². The summed E-state index contributed by atoms with van der Waals surface area (Å²) in [5, 5.41) is 13.5. The van der Waals surface area contributed by atoms with E-state index in [-0.39, 0.29) is 35.7 Å². The van der Waals surface area contributed by atoms with E-state index in [2.05, 4.69) is 10.6 Å². The number of halogens is 4. The fraction of sp³-hybridized carbons (Fsp3) is 0.346. The maximum absolute atomic E-state index is 14.6. The summed E-state index contributed by atoms with van der Waals surface area (Å²) in [4.78, 5) is 25.6. The van der Waals surface area contributed by atoms with Crippen LogP contribution in [0.25, 0.3) is 5.57 Å². The lowest BCUT2D eigenvalue weighted by atomic mass is 9.93. The van der Waals surface area contributed by atoms with Crippen molar-refractivity contribution in [3.05, 3.63) is 70.7 Å². The van der Waals surface area contributed by atoms with Crippen molar-refractivity contribution in [3.63, 3.8) is 0 Å². The Kier molecular flexibility index (Phi) is 7.86. The van der Waals surface area contributed by atoms with E-state index in [1.165, 1.54) is 19.2 Å². The molecule has 0 aliphatic heterocycles. The second kappa shape index (κ2) is 10.5. The highest BCUT2D eigenvalue weighted by Gasteiger charge is 2.53. The van der Waals surface area contributed by atoms with Crippen molar-refractivity contribution in [2.75, 3.05) is 12.4 Å². The topological polar surface area (TPSA) is 91.3 Å². The molecule has 6 nitrogen and oxygen atoms in total. The molecule has 1 aliphatic carbocycles. The lowest BCUT2D eigenvalue weighted by Gasteiger charge is -2.19. The van der Waals surface area contributed by atoms with Gasteiger partial charge in [-0.05, 0) is 56.0 Å². The molecule has 36 heavy (non-hydrogen) atoms. The first-order valence-electron chi connectivity index (χ1n) is 11.3. The van der Waals surface area contributed by atoms with Gasteiger partial charge in [0.15, 0.2) is 0 Å². The van der Waals surface area contributed by atoms with Crippen molar-refractivity contribution in [2.45, 2.75) is 50.7 Å². The summed E-state index contributed by atoms with van der Waals surface area (Å²) in [7, 11) is 1.20. The molecule has 1 atom stereocenters. The molecule has 3 N–H and O–H groups in total. The van der Waals surface area contributed by atoms with Gasteiger partial charge in [-0.15, -0.1) is 0 Å². The molecule has 1 saturated carbocycles. The Labute approximate surface area is 206 Å². The number of carbonyl (C=O) groups excluding carboxylic acids is 2. The van der Waals surface area contributed by atoms with E-state index in [9.17, 15) is 27.2 Å². The van der Waals surface area contributed by atoms with E-state index in [1.54, 1.807) is 12.3 Å². The van der Waals surface area contributed by atoms with Crippen molar-refractivity contribution in [2.24, 2.45) is 0 Å². The van der Waals surface area contributed by atoms with Gasteiger partial charge in [0.25, 0.3) is 0 Å². The number of anilines is 1. The summed E-state index contributed by atoms with van der Waals surface area (Å²) in [5.41, 5.74) is -1.39. The largest absolute Gasteiger partial charge is 0.465 e. The van der Waals surface area contributed by atoms with Crippen LogP contribution in [0, 0.1) is 11.2 Å². The summed E-state index contributed by atoms with van der Waals surface area (Å²) in [6.07, 6.45) is -0.609. The molecular weight excluding hydrogens is 478 g/mol. The number of carbonyl (C=O) groups is 2. The van der Waals surface area contributed by atoms with Crippen LogP contribution < -0.4 is 10.6 Å². The average Bonchev–Trinajstić information content (AvgIpc) is 3.65. The van der Waals surface area contributed by atoms with Crippen LogP contribution in [-0.4, -0.2) is 31.2 Å². The first kappa shape index (κ1) is 26.9. The highest BCUT2D eigenvalue weighted by molar-refractivity contribution is 6.13. The minimum atomic E-state index is -4.70. The highest BCUT2D eigenvalue weighted by Crippen LogP contribution is 2.50. The van der Waals surface area contributed by atoms with Gasteiger partial charge in [-0.25, -0.2) is 9.18 Å².